The molecule has 0 aromatic rings. The van der Waals surface area contributed by atoms with E-state index in [1.165, 1.54) is 4.31 Å². The third-order valence-electron chi connectivity index (χ3n) is 2.15. The number of ether oxygens (including phenoxy) is 1. The second-order valence-electron chi connectivity index (χ2n) is 3.22. The van der Waals surface area contributed by atoms with Crippen molar-refractivity contribution in [1.82, 2.24) is 4.31 Å². The van der Waals surface area contributed by atoms with E-state index >= 15 is 0 Å². The molecule has 6 heteroatoms. The van der Waals surface area contributed by atoms with Gasteiger partial charge in [0.15, 0.2) is 0 Å². The minimum absolute atomic E-state index is 0.208. The molecule has 0 radical (unpaired) electrons. The molecular formula is C8H16ClNO3S. The van der Waals surface area contributed by atoms with Crippen molar-refractivity contribution in [2.24, 2.45) is 0 Å². The second-order valence-corrected chi connectivity index (χ2v) is 5.69. The molecule has 0 atom stereocenters. The maximum absolute atomic E-state index is 11.7. The summed E-state index contributed by atoms with van der Waals surface area (Å²) in [5.74, 6) is 0.734. The average molecular weight is 242 g/mol. The van der Waals surface area contributed by atoms with E-state index in [4.69, 9.17) is 16.3 Å². The summed E-state index contributed by atoms with van der Waals surface area (Å²) in [4.78, 5) is 0. The Kier molecular flexibility index (Phi) is 5.15. The standard InChI is InChI=1S/C8H16ClNO3S/c9-3-1-2-8-14(11,12)10-4-6-13-7-5-10/h1-8H2. The van der Waals surface area contributed by atoms with Crippen LogP contribution in [0.3, 0.4) is 0 Å². The number of hydrogen-bond donors (Lipinski definition) is 0. The van der Waals surface area contributed by atoms with Crippen LogP contribution in [0.15, 0.2) is 0 Å². The van der Waals surface area contributed by atoms with Gasteiger partial charge in [0.1, 0.15) is 0 Å². The number of halogens is 1. The first-order valence-corrected chi connectivity index (χ1v) is 6.93. The molecule has 0 N–H and O–H groups in total. The first kappa shape index (κ1) is 12.2. The minimum atomic E-state index is -3.06. The monoisotopic (exact) mass is 241 g/mol. The van der Waals surface area contributed by atoms with Gasteiger partial charge in [-0.2, -0.15) is 4.31 Å². The fourth-order valence-electron chi connectivity index (χ4n) is 1.33. The van der Waals surface area contributed by atoms with Gasteiger partial charge in [0.2, 0.25) is 10.0 Å². The summed E-state index contributed by atoms with van der Waals surface area (Å²) >= 11 is 5.49. The number of rotatable bonds is 5. The maximum atomic E-state index is 11.7. The van der Waals surface area contributed by atoms with Gasteiger partial charge in [-0.1, -0.05) is 0 Å². The fraction of sp³-hybridized carbons (Fsp3) is 1.00. The normalized spacial score (nSPS) is 19.8. The highest BCUT2D eigenvalue weighted by Crippen LogP contribution is 2.08. The van der Waals surface area contributed by atoms with E-state index < -0.39 is 10.0 Å². The van der Waals surface area contributed by atoms with E-state index in [0.717, 1.165) is 6.42 Å². The molecule has 0 aromatic heterocycles. The molecule has 0 aromatic carbocycles. The van der Waals surface area contributed by atoms with Crippen LogP contribution in [0.4, 0.5) is 0 Å². The first-order chi connectivity index (χ1) is 6.67. The highest BCUT2D eigenvalue weighted by molar-refractivity contribution is 7.89. The number of nitrogens with zero attached hydrogens (tertiary/aromatic N) is 1. The first-order valence-electron chi connectivity index (χ1n) is 4.78. The van der Waals surface area contributed by atoms with Crippen LogP contribution in [0.25, 0.3) is 0 Å². The van der Waals surface area contributed by atoms with Gasteiger partial charge in [-0.3, -0.25) is 0 Å². The van der Waals surface area contributed by atoms with E-state index in [1.54, 1.807) is 0 Å². The molecule has 1 saturated heterocycles. The van der Waals surface area contributed by atoms with Crippen LogP contribution in [0, 0.1) is 0 Å². The number of unbranched alkanes of at least 4 members (excludes halogenated alkanes) is 1. The predicted molar refractivity (Wildman–Crippen MR) is 56.1 cm³/mol. The van der Waals surface area contributed by atoms with Crippen LogP contribution in [-0.2, 0) is 14.8 Å². The van der Waals surface area contributed by atoms with Crippen molar-refractivity contribution in [3.63, 3.8) is 0 Å². The maximum Gasteiger partial charge on any atom is 0.214 e. The Balaban J connectivity index is 2.38. The lowest BCUT2D eigenvalue weighted by Crippen LogP contribution is -2.41. The van der Waals surface area contributed by atoms with Gasteiger partial charge >= 0.3 is 0 Å². The molecule has 1 fully saturated rings. The van der Waals surface area contributed by atoms with Crippen molar-refractivity contribution in [2.75, 3.05) is 37.9 Å². The van der Waals surface area contributed by atoms with Gasteiger partial charge in [-0.15, -0.1) is 11.6 Å². The third kappa shape index (κ3) is 3.73. The zero-order chi connectivity index (χ0) is 10.4. The van der Waals surface area contributed by atoms with Crippen LogP contribution in [0.1, 0.15) is 12.8 Å². The fourth-order valence-corrected chi connectivity index (χ4v) is 3.05. The summed E-state index contributed by atoms with van der Waals surface area (Å²) in [6.07, 6.45) is 1.40. The molecule has 0 unspecified atom stereocenters. The summed E-state index contributed by atoms with van der Waals surface area (Å²) < 4.78 is 30.0. The molecule has 0 bridgehead atoms. The molecule has 1 heterocycles. The second kappa shape index (κ2) is 5.90. The molecule has 84 valence electrons. The molecular weight excluding hydrogens is 226 g/mol. The molecule has 1 rings (SSSR count). The van der Waals surface area contributed by atoms with Crippen LogP contribution < -0.4 is 0 Å². The molecule has 0 aliphatic carbocycles. The van der Waals surface area contributed by atoms with Crippen molar-refractivity contribution in [3.8, 4) is 0 Å². The Morgan fingerprint density at radius 2 is 1.86 bits per heavy atom. The molecule has 4 nitrogen and oxygen atoms in total. The largest absolute Gasteiger partial charge is 0.379 e. The predicted octanol–water partition coefficient (Wildman–Crippen LogP) is 0.667. The Morgan fingerprint density at radius 3 is 2.43 bits per heavy atom. The van der Waals surface area contributed by atoms with E-state index in [2.05, 4.69) is 0 Å². The molecule has 1 aliphatic heterocycles. The van der Waals surface area contributed by atoms with Gasteiger partial charge in [0, 0.05) is 19.0 Å². The summed E-state index contributed by atoms with van der Waals surface area (Å²) in [7, 11) is -3.06. The molecule has 14 heavy (non-hydrogen) atoms. The SMILES string of the molecule is O=S(=O)(CCCCCl)N1CCOCC1. The van der Waals surface area contributed by atoms with E-state index in [9.17, 15) is 8.42 Å². The zero-order valence-electron chi connectivity index (χ0n) is 8.12. The molecule has 1 aliphatic rings. The quantitative estimate of drug-likeness (QED) is 0.525. The van der Waals surface area contributed by atoms with Gasteiger partial charge in [0.25, 0.3) is 0 Å². The lowest BCUT2D eigenvalue weighted by atomic mass is 10.4. The van der Waals surface area contributed by atoms with E-state index in [-0.39, 0.29) is 5.75 Å². The lowest BCUT2D eigenvalue weighted by Gasteiger charge is -2.25. The van der Waals surface area contributed by atoms with E-state index in [1.807, 2.05) is 0 Å². The third-order valence-corrected chi connectivity index (χ3v) is 4.37. The summed E-state index contributed by atoms with van der Waals surface area (Å²) in [6, 6.07) is 0. The van der Waals surface area contributed by atoms with Gasteiger partial charge in [-0.25, -0.2) is 8.42 Å². The van der Waals surface area contributed by atoms with Crippen LogP contribution in [0.2, 0.25) is 0 Å². The Morgan fingerprint density at radius 1 is 1.21 bits per heavy atom. The van der Waals surface area contributed by atoms with Gasteiger partial charge in [0.05, 0.1) is 19.0 Å². The summed E-state index contributed by atoms with van der Waals surface area (Å²) in [6.45, 7) is 2.00. The van der Waals surface area contributed by atoms with Crippen LogP contribution in [-0.4, -0.2) is 50.7 Å². The highest BCUT2D eigenvalue weighted by Gasteiger charge is 2.23. The Labute approximate surface area is 90.2 Å². The lowest BCUT2D eigenvalue weighted by molar-refractivity contribution is 0.0730. The smallest absolute Gasteiger partial charge is 0.214 e. The average Bonchev–Trinajstić information content (AvgIpc) is 2.19. The number of sulfonamides is 1. The number of hydrogen-bond acceptors (Lipinski definition) is 3. The zero-order valence-corrected chi connectivity index (χ0v) is 9.69. The van der Waals surface area contributed by atoms with Crippen molar-refractivity contribution in [3.05, 3.63) is 0 Å². The topological polar surface area (TPSA) is 46.6 Å². The van der Waals surface area contributed by atoms with Crippen molar-refractivity contribution < 1.29 is 13.2 Å². The van der Waals surface area contributed by atoms with Crippen molar-refractivity contribution in [2.45, 2.75) is 12.8 Å². The van der Waals surface area contributed by atoms with Crippen molar-refractivity contribution >= 4 is 21.6 Å². The van der Waals surface area contributed by atoms with Crippen molar-refractivity contribution in [1.29, 1.82) is 0 Å². The summed E-state index contributed by atoms with van der Waals surface area (Å²) in [5, 5.41) is 0. The number of morpholine rings is 1. The van der Waals surface area contributed by atoms with Gasteiger partial charge in [-0.05, 0) is 12.8 Å². The Bertz CT molecular complexity index is 249. The molecule has 0 spiro atoms. The number of alkyl halides is 1. The van der Waals surface area contributed by atoms with Gasteiger partial charge < -0.3 is 4.74 Å². The van der Waals surface area contributed by atoms with E-state index in [0.29, 0.717) is 38.6 Å². The van der Waals surface area contributed by atoms with Crippen LogP contribution in [0.5, 0.6) is 0 Å². The highest BCUT2D eigenvalue weighted by atomic mass is 35.5. The van der Waals surface area contributed by atoms with Crippen LogP contribution >= 0.6 is 11.6 Å². The Hall–Kier alpha value is 0.160. The minimum Gasteiger partial charge on any atom is -0.379 e. The summed E-state index contributed by atoms with van der Waals surface area (Å²) in [5.41, 5.74) is 0. The molecule has 0 saturated carbocycles. The molecule has 0 amide bonds.